The summed E-state index contributed by atoms with van der Waals surface area (Å²) < 4.78 is 41.4. The predicted molar refractivity (Wildman–Crippen MR) is 77.7 cm³/mol. The van der Waals surface area contributed by atoms with Crippen LogP contribution in [0.3, 0.4) is 0 Å². The van der Waals surface area contributed by atoms with Crippen LogP contribution < -0.4 is 5.32 Å². The smallest absolute Gasteiger partial charge is 0.255 e. The van der Waals surface area contributed by atoms with E-state index < -0.39 is 28.9 Å². The van der Waals surface area contributed by atoms with Gasteiger partial charge in [0.2, 0.25) is 0 Å². The summed E-state index contributed by atoms with van der Waals surface area (Å²) in [5, 5.41) is 10.2. The highest BCUT2D eigenvalue weighted by Crippen LogP contribution is 2.15. The van der Waals surface area contributed by atoms with Crippen molar-refractivity contribution in [1.82, 2.24) is 24.9 Å². The largest absolute Gasteiger partial charge is 0.345 e. The van der Waals surface area contributed by atoms with Gasteiger partial charge in [-0.1, -0.05) is 0 Å². The van der Waals surface area contributed by atoms with Crippen molar-refractivity contribution >= 4 is 11.7 Å². The van der Waals surface area contributed by atoms with Crippen molar-refractivity contribution in [3.05, 3.63) is 58.4 Å². The zero-order chi connectivity index (χ0) is 17.4. The summed E-state index contributed by atoms with van der Waals surface area (Å²) in [6.07, 6.45) is 0. The van der Waals surface area contributed by atoms with Gasteiger partial charge in [0, 0.05) is 11.4 Å². The number of aryl methyl sites for hydroxylation is 2. The Balaban J connectivity index is 1.84. The van der Waals surface area contributed by atoms with E-state index in [9.17, 15) is 18.0 Å². The highest BCUT2D eigenvalue weighted by Gasteiger charge is 2.19. The van der Waals surface area contributed by atoms with Gasteiger partial charge in [-0.15, -0.1) is 10.2 Å². The standard InChI is InChI=1S/C15H12F3N5O/c1-7-5-8(2)23-11(21-22-15(23)20-7)6-19-14(24)9-3-4-10(16)13(18)12(9)17/h3-5H,6H2,1-2H3,(H,19,24). The molecule has 0 radical (unpaired) electrons. The lowest BCUT2D eigenvalue weighted by Gasteiger charge is -2.07. The molecule has 124 valence electrons. The van der Waals surface area contributed by atoms with Crippen molar-refractivity contribution in [3.8, 4) is 0 Å². The van der Waals surface area contributed by atoms with Gasteiger partial charge in [0.15, 0.2) is 23.3 Å². The number of halogens is 3. The van der Waals surface area contributed by atoms with Crippen molar-refractivity contribution in [2.45, 2.75) is 20.4 Å². The minimum absolute atomic E-state index is 0.0793. The summed E-state index contributed by atoms with van der Waals surface area (Å²) in [6.45, 7) is 3.56. The lowest BCUT2D eigenvalue weighted by Crippen LogP contribution is -2.25. The van der Waals surface area contributed by atoms with Crippen molar-refractivity contribution in [1.29, 1.82) is 0 Å². The Bertz CT molecular complexity index is 954. The zero-order valence-corrected chi connectivity index (χ0v) is 12.8. The second-order valence-corrected chi connectivity index (χ2v) is 5.20. The van der Waals surface area contributed by atoms with E-state index in [1.54, 1.807) is 4.40 Å². The van der Waals surface area contributed by atoms with E-state index in [4.69, 9.17) is 0 Å². The molecule has 0 spiro atoms. The molecule has 0 saturated carbocycles. The van der Waals surface area contributed by atoms with E-state index in [0.29, 0.717) is 17.7 Å². The van der Waals surface area contributed by atoms with E-state index in [2.05, 4.69) is 20.5 Å². The number of carbonyl (C=O) groups is 1. The van der Waals surface area contributed by atoms with Crippen molar-refractivity contribution in [3.63, 3.8) is 0 Å². The first kappa shape index (κ1) is 15.9. The Hall–Kier alpha value is -2.97. The number of nitrogens with zero attached hydrogens (tertiary/aromatic N) is 4. The average molecular weight is 335 g/mol. The van der Waals surface area contributed by atoms with E-state index in [0.717, 1.165) is 17.5 Å². The maximum atomic E-state index is 13.6. The minimum atomic E-state index is -1.69. The van der Waals surface area contributed by atoms with Crippen LogP contribution in [-0.2, 0) is 6.54 Å². The molecule has 0 unspecified atom stereocenters. The van der Waals surface area contributed by atoms with Crippen LogP contribution in [0.2, 0.25) is 0 Å². The molecular weight excluding hydrogens is 323 g/mol. The number of fused-ring (bicyclic) bond motifs is 1. The van der Waals surface area contributed by atoms with Crippen LogP contribution in [-0.4, -0.2) is 25.5 Å². The summed E-state index contributed by atoms with van der Waals surface area (Å²) in [5.74, 6) is -4.72. The lowest BCUT2D eigenvalue weighted by atomic mass is 10.2. The van der Waals surface area contributed by atoms with Gasteiger partial charge in [0.25, 0.3) is 11.7 Å². The number of hydrogen-bond acceptors (Lipinski definition) is 4. The third kappa shape index (κ3) is 2.68. The van der Waals surface area contributed by atoms with Gasteiger partial charge >= 0.3 is 0 Å². The van der Waals surface area contributed by atoms with Crippen LogP contribution >= 0.6 is 0 Å². The van der Waals surface area contributed by atoms with E-state index in [-0.39, 0.29) is 6.54 Å². The molecule has 2 heterocycles. The Morgan fingerprint density at radius 1 is 1.17 bits per heavy atom. The molecule has 0 aliphatic carbocycles. The van der Waals surface area contributed by atoms with Crippen LogP contribution in [0.4, 0.5) is 13.2 Å². The number of nitrogens with one attached hydrogen (secondary N) is 1. The molecule has 24 heavy (non-hydrogen) atoms. The molecule has 0 aliphatic rings. The van der Waals surface area contributed by atoms with Crippen molar-refractivity contribution in [2.24, 2.45) is 0 Å². The Morgan fingerprint density at radius 2 is 1.92 bits per heavy atom. The first-order valence-electron chi connectivity index (χ1n) is 6.98. The Kier molecular flexibility index (Phi) is 3.92. The summed E-state index contributed by atoms with van der Waals surface area (Å²) >= 11 is 0. The number of amides is 1. The number of hydrogen-bond donors (Lipinski definition) is 1. The van der Waals surface area contributed by atoms with Gasteiger partial charge in [-0.3, -0.25) is 9.20 Å². The molecule has 0 atom stereocenters. The Morgan fingerprint density at radius 3 is 2.67 bits per heavy atom. The number of benzene rings is 1. The average Bonchev–Trinajstić information content (AvgIpc) is 2.93. The van der Waals surface area contributed by atoms with E-state index in [1.807, 2.05) is 19.9 Å². The van der Waals surface area contributed by atoms with Gasteiger partial charge in [0.05, 0.1) is 12.1 Å². The molecule has 0 saturated heterocycles. The van der Waals surface area contributed by atoms with Crippen molar-refractivity contribution in [2.75, 3.05) is 0 Å². The fraction of sp³-hybridized carbons (Fsp3) is 0.200. The van der Waals surface area contributed by atoms with Gasteiger partial charge in [0.1, 0.15) is 0 Å². The highest BCUT2D eigenvalue weighted by molar-refractivity contribution is 5.94. The molecule has 0 bridgehead atoms. The molecule has 0 fully saturated rings. The van der Waals surface area contributed by atoms with Crippen LogP contribution in [0.1, 0.15) is 27.6 Å². The fourth-order valence-corrected chi connectivity index (χ4v) is 2.37. The molecule has 6 nitrogen and oxygen atoms in total. The van der Waals surface area contributed by atoms with E-state index >= 15 is 0 Å². The number of rotatable bonds is 3. The molecule has 9 heteroatoms. The zero-order valence-electron chi connectivity index (χ0n) is 12.8. The molecule has 3 aromatic rings. The van der Waals surface area contributed by atoms with Crippen LogP contribution in [0.25, 0.3) is 5.78 Å². The normalized spacial score (nSPS) is 11.0. The SMILES string of the molecule is Cc1cc(C)n2c(CNC(=O)c3ccc(F)c(F)c3F)nnc2n1. The Labute approximate surface area is 134 Å². The first-order chi connectivity index (χ1) is 11.4. The maximum Gasteiger partial charge on any atom is 0.255 e. The lowest BCUT2D eigenvalue weighted by molar-refractivity contribution is 0.0944. The second kappa shape index (κ2) is 5.91. The third-order valence-electron chi connectivity index (χ3n) is 3.45. The summed E-state index contributed by atoms with van der Waals surface area (Å²) in [5.41, 5.74) is 0.992. The second-order valence-electron chi connectivity index (χ2n) is 5.20. The molecule has 1 N–H and O–H groups in total. The number of aromatic nitrogens is 4. The van der Waals surface area contributed by atoms with Gasteiger partial charge in [-0.25, -0.2) is 18.2 Å². The summed E-state index contributed by atoms with van der Waals surface area (Å²) in [4.78, 5) is 16.2. The molecule has 2 aromatic heterocycles. The summed E-state index contributed by atoms with van der Waals surface area (Å²) in [7, 11) is 0. The third-order valence-corrected chi connectivity index (χ3v) is 3.45. The molecule has 0 aliphatic heterocycles. The quantitative estimate of drug-likeness (QED) is 0.744. The molecular formula is C15H12F3N5O. The highest BCUT2D eigenvalue weighted by atomic mass is 19.2. The predicted octanol–water partition coefficient (Wildman–Crippen LogP) is 2.09. The molecule has 1 amide bonds. The maximum absolute atomic E-state index is 13.6. The van der Waals surface area contributed by atoms with Crippen LogP contribution in [0, 0.1) is 31.3 Å². The fourth-order valence-electron chi connectivity index (χ4n) is 2.37. The van der Waals surface area contributed by atoms with Crippen LogP contribution in [0.15, 0.2) is 18.2 Å². The summed E-state index contributed by atoms with van der Waals surface area (Å²) in [6, 6.07) is 3.38. The molecule has 1 aromatic carbocycles. The molecule has 3 rings (SSSR count). The van der Waals surface area contributed by atoms with Gasteiger partial charge in [-0.05, 0) is 32.0 Å². The van der Waals surface area contributed by atoms with Gasteiger partial charge < -0.3 is 5.32 Å². The van der Waals surface area contributed by atoms with E-state index in [1.165, 1.54) is 0 Å². The number of carbonyl (C=O) groups excluding carboxylic acids is 1. The monoisotopic (exact) mass is 335 g/mol. The van der Waals surface area contributed by atoms with Crippen molar-refractivity contribution < 1.29 is 18.0 Å². The minimum Gasteiger partial charge on any atom is -0.345 e. The van der Waals surface area contributed by atoms with Crippen LogP contribution in [0.5, 0.6) is 0 Å². The van der Waals surface area contributed by atoms with Gasteiger partial charge in [-0.2, -0.15) is 0 Å². The topological polar surface area (TPSA) is 72.2 Å². The first-order valence-corrected chi connectivity index (χ1v) is 6.98.